The van der Waals surface area contributed by atoms with Crippen molar-refractivity contribution in [2.45, 2.75) is 33.2 Å². The quantitative estimate of drug-likeness (QED) is 0.759. The fourth-order valence-electron chi connectivity index (χ4n) is 1.15. The summed E-state index contributed by atoms with van der Waals surface area (Å²) in [6, 6.07) is 2.40. The first-order valence-electron chi connectivity index (χ1n) is 4.95. The number of nitrogens with one attached hydrogen (secondary N) is 1. The van der Waals surface area contributed by atoms with Gasteiger partial charge in [-0.1, -0.05) is 6.92 Å². The van der Waals surface area contributed by atoms with E-state index in [0.717, 1.165) is 16.9 Å². The van der Waals surface area contributed by atoms with Gasteiger partial charge in [-0.2, -0.15) is 0 Å². The van der Waals surface area contributed by atoms with E-state index in [2.05, 4.69) is 19.2 Å². The molecule has 0 saturated heterocycles. The van der Waals surface area contributed by atoms with Gasteiger partial charge in [-0.25, -0.2) is 0 Å². The predicted molar refractivity (Wildman–Crippen MR) is 61.1 cm³/mol. The van der Waals surface area contributed by atoms with Gasteiger partial charge in [-0.05, 0) is 37.3 Å². The molecule has 0 aliphatic heterocycles. The molecule has 1 heterocycles. The topological polar surface area (TPSA) is 29.1 Å². The molecule has 0 aliphatic rings. The highest BCUT2D eigenvalue weighted by Crippen LogP contribution is 2.15. The molecule has 14 heavy (non-hydrogen) atoms. The minimum absolute atomic E-state index is 0.206. The van der Waals surface area contributed by atoms with E-state index < -0.39 is 0 Å². The highest BCUT2D eigenvalue weighted by atomic mass is 32.1. The summed E-state index contributed by atoms with van der Waals surface area (Å²) in [4.78, 5) is 12.6. The Labute approximate surface area is 89.3 Å². The lowest BCUT2D eigenvalue weighted by atomic mass is 10.2. The summed E-state index contributed by atoms with van der Waals surface area (Å²) < 4.78 is 0. The number of carbonyl (C=O) groups excluding carboxylic acids is 1. The normalized spacial score (nSPS) is 12.8. The standard InChI is InChI=1S/C11H17NOS/c1-4-9(3)12-7-10(13)11-8(2)5-6-14-11/h5-6,9,12H,4,7H2,1-3H3. The Morgan fingerprint density at radius 3 is 2.86 bits per heavy atom. The Morgan fingerprint density at radius 1 is 1.64 bits per heavy atom. The molecule has 1 aromatic rings. The second-order valence-electron chi connectivity index (χ2n) is 3.55. The van der Waals surface area contributed by atoms with Gasteiger partial charge in [-0.3, -0.25) is 4.79 Å². The van der Waals surface area contributed by atoms with E-state index in [1.54, 1.807) is 0 Å². The maximum atomic E-state index is 11.7. The Kier molecular flexibility index (Phi) is 4.29. The molecule has 0 saturated carbocycles. The third-order valence-corrected chi connectivity index (χ3v) is 3.40. The first kappa shape index (κ1) is 11.4. The van der Waals surface area contributed by atoms with Crippen LogP contribution in [0.4, 0.5) is 0 Å². The summed E-state index contributed by atoms with van der Waals surface area (Å²) in [5.74, 6) is 0.206. The van der Waals surface area contributed by atoms with Crippen LogP contribution in [0.5, 0.6) is 0 Å². The van der Waals surface area contributed by atoms with Crippen molar-refractivity contribution >= 4 is 17.1 Å². The number of rotatable bonds is 5. The molecule has 0 fully saturated rings. The third-order valence-electron chi connectivity index (χ3n) is 2.34. The first-order valence-corrected chi connectivity index (χ1v) is 5.83. The second kappa shape index (κ2) is 5.27. The third kappa shape index (κ3) is 2.93. The molecule has 0 aliphatic carbocycles. The molecular formula is C11H17NOS. The van der Waals surface area contributed by atoms with Gasteiger partial charge >= 0.3 is 0 Å². The van der Waals surface area contributed by atoms with E-state index in [4.69, 9.17) is 0 Å². The largest absolute Gasteiger partial charge is 0.307 e. The van der Waals surface area contributed by atoms with E-state index >= 15 is 0 Å². The molecular weight excluding hydrogens is 194 g/mol. The Bertz CT molecular complexity index is 306. The minimum atomic E-state index is 0.206. The molecule has 1 N–H and O–H groups in total. The van der Waals surface area contributed by atoms with Crippen molar-refractivity contribution in [3.05, 3.63) is 21.9 Å². The van der Waals surface area contributed by atoms with Gasteiger partial charge in [0.05, 0.1) is 11.4 Å². The number of carbonyl (C=O) groups is 1. The fourth-order valence-corrected chi connectivity index (χ4v) is 2.02. The van der Waals surface area contributed by atoms with Gasteiger partial charge < -0.3 is 5.32 Å². The Hall–Kier alpha value is -0.670. The van der Waals surface area contributed by atoms with Gasteiger partial charge in [0, 0.05) is 6.04 Å². The second-order valence-corrected chi connectivity index (χ2v) is 4.46. The van der Waals surface area contributed by atoms with Gasteiger partial charge in [-0.15, -0.1) is 11.3 Å². The molecule has 0 aromatic carbocycles. The molecule has 1 aromatic heterocycles. The van der Waals surface area contributed by atoms with Gasteiger partial charge in [0.2, 0.25) is 0 Å². The molecule has 3 heteroatoms. The fraction of sp³-hybridized carbons (Fsp3) is 0.545. The average molecular weight is 211 g/mol. The molecule has 0 amide bonds. The summed E-state index contributed by atoms with van der Waals surface area (Å²) in [6.45, 7) is 6.64. The summed E-state index contributed by atoms with van der Waals surface area (Å²) in [7, 11) is 0. The van der Waals surface area contributed by atoms with Crippen LogP contribution in [-0.2, 0) is 0 Å². The van der Waals surface area contributed by atoms with Crippen molar-refractivity contribution < 1.29 is 4.79 Å². The summed E-state index contributed by atoms with van der Waals surface area (Å²) >= 11 is 1.53. The van der Waals surface area contributed by atoms with Crippen LogP contribution in [-0.4, -0.2) is 18.4 Å². The van der Waals surface area contributed by atoms with Crippen LogP contribution in [0.25, 0.3) is 0 Å². The Morgan fingerprint density at radius 2 is 2.36 bits per heavy atom. The molecule has 0 bridgehead atoms. The predicted octanol–water partition coefficient (Wildman–Crippen LogP) is 2.63. The number of Topliss-reactive ketones (excluding diaryl/α,β-unsaturated/α-hetero) is 1. The number of hydrogen-bond donors (Lipinski definition) is 1. The zero-order valence-electron chi connectivity index (χ0n) is 8.96. The number of ketones is 1. The molecule has 0 spiro atoms. The average Bonchev–Trinajstić information content (AvgIpc) is 2.60. The monoisotopic (exact) mass is 211 g/mol. The Balaban J connectivity index is 2.47. The lowest BCUT2D eigenvalue weighted by Gasteiger charge is -2.09. The zero-order valence-corrected chi connectivity index (χ0v) is 9.78. The van der Waals surface area contributed by atoms with Crippen molar-refractivity contribution in [2.75, 3.05) is 6.54 Å². The number of thiophene rings is 1. The van der Waals surface area contributed by atoms with Gasteiger partial charge in [0.15, 0.2) is 5.78 Å². The minimum Gasteiger partial charge on any atom is -0.307 e. The summed E-state index contributed by atoms with van der Waals surface area (Å²) in [5, 5.41) is 5.17. The van der Waals surface area contributed by atoms with Gasteiger partial charge in [0.1, 0.15) is 0 Å². The van der Waals surface area contributed by atoms with Gasteiger partial charge in [0.25, 0.3) is 0 Å². The SMILES string of the molecule is CCC(C)NCC(=O)c1sccc1C. The highest BCUT2D eigenvalue weighted by molar-refractivity contribution is 7.12. The van der Waals surface area contributed by atoms with Crippen LogP contribution in [0.1, 0.15) is 35.5 Å². The first-order chi connectivity index (χ1) is 6.65. The molecule has 1 rings (SSSR count). The summed E-state index contributed by atoms with van der Waals surface area (Å²) in [5.41, 5.74) is 1.09. The lowest BCUT2D eigenvalue weighted by molar-refractivity contribution is 0.0991. The lowest BCUT2D eigenvalue weighted by Crippen LogP contribution is -2.30. The smallest absolute Gasteiger partial charge is 0.186 e. The number of hydrogen-bond acceptors (Lipinski definition) is 3. The maximum absolute atomic E-state index is 11.7. The molecule has 78 valence electrons. The van der Waals surface area contributed by atoms with Crippen LogP contribution in [0.2, 0.25) is 0 Å². The van der Waals surface area contributed by atoms with Crippen LogP contribution in [0.3, 0.4) is 0 Å². The van der Waals surface area contributed by atoms with Crippen molar-refractivity contribution in [1.82, 2.24) is 5.32 Å². The van der Waals surface area contributed by atoms with Crippen molar-refractivity contribution in [2.24, 2.45) is 0 Å². The molecule has 1 atom stereocenters. The molecule has 1 unspecified atom stereocenters. The van der Waals surface area contributed by atoms with E-state index in [0.29, 0.717) is 12.6 Å². The van der Waals surface area contributed by atoms with E-state index in [1.165, 1.54) is 11.3 Å². The van der Waals surface area contributed by atoms with E-state index in [1.807, 2.05) is 18.4 Å². The highest BCUT2D eigenvalue weighted by Gasteiger charge is 2.10. The maximum Gasteiger partial charge on any atom is 0.186 e. The molecule has 2 nitrogen and oxygen atoms in total. The van der Waals surface area contributed by atoms with Crippen LogP contribution in [0.15, 0.2) is 11.4 Å². The molecule has 0 radical (unpaired) electrons. The zero-order chi connectivity index (χ0) is 10.6. The van der Waals surface area contributed by atoms with E-state index in [9.17, 15) is 4.79 Å². The van der Waals surface area contributed by atoms with Crippen LogP contribution in [0, 0.1) is 6.92 Å². The van der Waals surface area contributed by atoms with E-state index in [-0.39, 0.29) is 5.78 Å². The van der Waals surface area contributed by atoms with Crippen LogP contribution >= 0.6 is 11.3 Å². The van der Waals surface area contributed by atoms with Crippen molar-refractivity contribution in [3.63, 3.8) is 0 Å². The number of aryl methyl sites for hydroxylation is 1. The summed E-state index contributed by atoms with van der Waals surface area (Å²) in [6.07, 6.45) is 1.05. The van der Waals surface area contributed by atoms with Crippen LogP contribution < -0.4 is 5.32 Å². The van der Waals surface area contributed by atoms with Crippen molar-refractivity contribution in [3.8, 4) is 0 Å². The van der Waals surface area contributed by atoms with Crippen molar-refractivity contribution in [1.29, 1.82) is 0 Å².